The Kier molecular flexibility index (Phi) is 7.61. The number of hydrogen-bond donors (Lipinski definition) is 2. The van der Waals surface area contributed by atoms with Crippen LogP contribution >= 0.6 is 0 Å². The number of hydroxylamine groups is 1. The first-order chi connectivity index (χ1) is 16.2. The molecule has 0 radical (unpaired) electrons. The van der Waals surface area contributed by atoms with Crippen LogP contribution < -0.4 is 15.5 Å². The van der Waals surface area contributed by atoms with Crippen molar-refractivity contribution in [1.82, 2.24) is 10.8 Å². The predicted molar refractivity (Wildman–Crippen MR) is 126 cm³/mol. The normalized spacial score (nSPS) is 15.8. The van der Waals surface area contributed by atoms with E-state index in [-0.39, 0.29) is 18.8 Å². The highest BCUT2D eigenvalue weighted by Crippen LogP contribution is 2.18. The highest BCUT2D eigenvalue weighted by Gasteiger charge is 2.28. The van der Waals surface area contributed by atoms with Crippen molar-refractivity contribution in [2.45, 2.75) is 31.6 Å². The lowest BCUT2D eigenvalue weighted by molar-refractivity contribution is 0.0191. The number of allylic oxidation sites excluding steroid dienone is 1. The van der Waals surface area contributed by atoms with Crippen molar-refractivity contribution >= 4 is 6.09 Å². The topological polar surface area (TPSA) is 68.8 Å². The molecule has 0 bridgehead atoms. The molecule has 4 rings (SSSR count). The van der Waals surface area contributed by atoms with Crippen molar-refractivity contribution < 1.29 is 19.1 Å². The van der Waals surface area contributed by atoms with Crippen LogP contribution in [0.5, 0.6) is 5.75 Å². The van der Waals surface area contributed by atoms with Gasteiger partial charge in [-0.2, -0.15) is 0 Å². The lowest BCUT2D eigenvalue weighted by Gasteiger charge is -2.22. The quantitative estimate of drug-likeness (QED) is 0.506. The maximum absolute atomic E-state index is 12.6. The Morgan fingerprint density at radius 1 is 0.939 bits per heavy atom. The number of amides is 1. The average Bonchev–Trinajstić information content (AvgIpc) is 3.32. The summed E-state index contributed by atoms with van der Waals surface area (Å²) in [7, 11) is 1.62. The van der Waals surface area contributed by atoms with Crippen LogP contribution in [-0.4, -0.2) is 25.3 Å². The lowest BCUT2D eigenvalue weighted by atomic mass is 10.00. The number of methoxy groups -OCH3 is 1. The molecule has 3 aromatic rings. The van der Waals surface area contributed by atoms with Crippen LogP contribution in [0.15, 0.2) is 96.7 Å². The van der Waals surface area contributed by atoms with Gasteiger partial charge < -0.3 is 14.8 Å². The van der Waals surface area contributed by atoms with Gasteiger partial charge in [0.15, 0.2) is 0 Å². The zero-order chi connectivity index (χ0) is 22.9. The van der Waals surface area contributed by atoms with E-state index in [9.17, 15) is 4.79 Å². The first kappa shape index (κ1) is 22.4. The number of alkyl carbamates (subject to hydrolysis) is 1. The Bertz CT molecular complexity index is 1050. The first-order valence-electron chi connectivity index (χ1n) is 11.0. The molecule has 2 unspecified atom stereocenters. The fourth-order valence-corrected chi connectivity index (χ4v) is 3.70. The molecule has 1 aliphatic rings. The van der Waals surface area contributed by atoms with Gasteiger partial charge in [-0.05, 0) is 41.3 Å². The van der Waals surface area contributed by atoms with E-state index in [2.05, 4.69) is 22.9 Å². The fourth-order valence-electron chi connectivity index (χ4n) is 3.70. The molecule has 1 heterocycles. The van der Waals surface area contributed by atoms with Crippen molar-refractivity contribution in [3.8, 4) is 5.75 Å². The number of hydrogen-bond acceptors (Lipinski definition) is 5. The van der Waals surface area contributed by atoms with Gasteiger partial charge in [-0.25, -0.2) is 4.79 Å². The molecule has 0 aromatic heterocycles. The van der Waals surface area contributed by atoms with E-state index in [1.807, 2.05) is 78.9 Å². The molecule has 33 heavy (non-hydrogen) atoms. The summed E-state index contributed by atoms with van der Waals surface area (Å²) in [5.41, 5.74) is 7.16. The Morgan fingerprint density at radius 2 is 1.61 bits per heavy atom. The second-order valence-corrected chi connectivity index (χ2v) is 7.90. The van der Waals surface area contributed by atoms with Crippen molar-refractivity contribution in [3.05, 3.63) is 113 Å². The van der Waals surface area contributed by atoms with Gasteiger partial charge in [-0.15, -0.1) is 0 Å². The third-order valence-corrected chi connectivity index (χ3v) is 5.46. The number of rotatable bonds is 9. The second kappa shape index (κ2) is 11.2. The van der Waals surface area contributed by atoms with Crippen molar-refractivity contribution in [2.24, 2.45) is 0 Å². The molecule has 0 aliphatic carbocycles. The molecule has 0 spiro atoms. The Labute approximate surface area is 194 Å². The highest BCUT2D eigenvalue weighted by molar-refractivity contribution is 5.68. The third kappa shape index (κ3) is 6.60. The van der Waals surface area contributed by atoms with Crippen LogP contribution in [-0.2, 0) is 29.0 Å². The van der Waals surface area contributed by atoms with Gasteiger partial charge in [0, 0.05) is 12.1 Å². The molecule has 2 N–H and O–H groups in total. The van der Waals surface area contributed by atoms with Gasteiger partial charge in [-0.1, -0.05) is 72.8 Å². The van der Waals surface area contributed by atoms with Crippen molar-refractivity contribution in [1.29, 1.82) is 0 Å². The number of carbonyl (C=O) groups is 1. The zero-order valence-electron chi connectivity index (χ0n) is 18.6. The van der Waals surface area contributed by atoms with Crippen LogP contribution in [0.2, 0.25) is 0 Å². The Balaban J connectivity index is 1.40. The summed E-state index contributed by atoms with van der Waals surface area (Å²) >= 11 is 0. The van der Waals surface area contributed by atoms with Crippen molar-refractivity contribution in [2.75, 3.05) is 7.11 Å². The molecule has 6 nitrogen and oxygen atoms in total. The van der Waals surface area contributed by atoms with Gasteiger partial charge in [0.05, 0.1) is 13.2 Å². The number of benzene rings is 3. The Hall–Kier alpha value is -3.77. The maximum atomic E-state index is 12.6. The molecular formula is C27H28N2O4. The summed E-state index contributed by atoms with van der Waals surface area (Å²) in [6, 6.07) is 27.3. The van der Waals surface area contributed by atoms with E-state index in [4.69, 9.17) is 14.3 Å². The molecule has 170 valence electrons. The van der Waals surface area contributed by atoms with Gasteiger partial charge in [-0.3, -0.25) is 10.3 Å². The molecule has 6 heteroatoms. The van der Waals surface area contributed by atoms with Crippen LogP contribution in [0.4, 0.5) is 4.79 Å². The molecule has 1 aliphatic heterocycles. The van der Waals surface area contributed by atoms with E-state index in [1.54, 1.807) is 7.11 Å². The molecular weight excluding hydrogens is 416 g/mol. The molecule has 0 saturated heterocycles. The first-order valence-corrected chi connectivity index (χ1v) is 11.0. The minimum atomic E-state index is -0.486. The summed E-state index contributed by atoms with van der Waals surface area (Å²) < 4.78 is 10.6. The summed E-state index contributed by atoms with van der Waals surface area (Å²) in [6.07, 6.45) is 2.57. The van der Waals surface area contributed by atoms with E-state index in [0.29, 0.717) is 6.42 Å². The largest absolute Gasteiger partial charge is 0.497 e. The standard InChI is InChI=1S/C27H28N2O4/c1-31-24-14-12-22(13-15-24)19-32-27(30)28-25(17-21-10-6-3-7-11-21)26-18-23(29-33-26)16-20-8-4-2-5-9-20/h2-15,18,25-26,29H,16-17,19H2,1H3,(H,28,30). The summed E-state index contributed by atoms with van der Waals surface area (Å²) in [5, 5.41) is 2.99. The van der Waals surface area contributed by atoms with Crippen LogP contribution in [0.25, 0.3) is 0 Å². The van der Waals surface area contributed by atoms with Crippen molar-refractivity contribution in [3.63, 3.8) is 0 Å². The molecule has 3 aromatic carbocycles. The summed E-state index contributed by atoms with van der Waals surface area (Å²) in [6.45, 7) is 0.173. The predicted octanol–water partition coefficient (Wildman–Crippen LogP) is 4.56. The lowest BCUT2D eigenvalue weighted by Crippen LogP contribution is -2.45. The van der Waals surface area contributed by atoms with Crippen LogP contribution in [0.3, 0.4) is 0 Å². The van der Waals surface area contributed by atoms with Gasteiger partial charge in [0.1, 0.15) is 18.5 Å². The average molecular weight is 445 g/mol. The minimum absolute atomic E-state index is 0.173. The zero-order valence-corrected chi connectivity index (χ0v) is 18.6. The number of ether oxygens (including phenoxy) is 2. The summed E-state index contributed by atoms with van der Waals surface area (Å²) in [5.74, 6) is 0.759. The SMILES string of the molecule is COc1ccc(COC(=O)NC(Cc2ccccc2)C2C=C(Cc3ccccc3)NO2)cc1. The van der Waals surface area contributed by atoms with Crippen LogP contribution in [0, 0.1) is 0 Å². The van der Waals surface area contributed by atoms with Crippen LogP contribution in [0.1, 0.15) is 16.7 Å². The number of carbonyl (C=O) groups excluding carboxylic acids is 1. The highest BCUT2D eigenvalue weighted by atomic mass is 16.7. The molecule has 0 saturated carbocycles. The van der Waals surface area contributed by atoms with E-state index in [1.165, 1.54) is 5.56 Å². The van der Waals surface area contributed by atoms with E-state index >= 15 is 0 Å². The molecule has 2 atom stereocenters. The van der Waals surface area contributed by atoms with Gasteiger partial charge >= 0.3 is 6.09 Å². The van der Waals surface area contributed by atoms with E-state index < -0.39 is 6.09 Å². The third-order valence-electron chi connectivity index (χ3n) is 5.46. The monoisotopic (exact) mass is 444 g/mol. The minimum Gasteiger partial charge on any atom is -0.497 e. The Morgan fingerprint density at radius 3 is 2.27 bits per heavy atom. The molecule has 1 amide bonds. The summed E-state index contributed by atoms with van der Waals surface area (Å²) in [4.78, 5) is 18.4. The fraction of sp³-hybridized carbons (Fsp3) is 0.222. The maximum Gasteiger partial charge on any atom is 0.407 e. The number of nitrogens with one attached hydrogen (secondary N) is 2. The van der Waals surface area contributed by atoms with Gasteiger partial charge in [0.2, 0.25) is 0 Å². The van der Waals surface area contributed by atoms with E-state index in [0.717, 1.165) is 29.0 Å². The smallest absolute Gasteiger partial charge is 0.407 e. The molecule has 0 fully saturated rings. The van der Waals surface area contributed by atoms with Gasteiger partial charge in [0.25, 0.3) is 0 Å². The second-order valence-electron chi connectivity index (χ2n) is 7.90.